The predicted octanol–water partition coefficient (Wildman–Crippen LogP) is 3.96. The van der Waals surface area contributed by atoms with E-state index in [2.05, 4.69) is 5.32 Å². The molecule has 5 heteroatoms. The van der Waals surface area contributed by atoms with Crippen LogP contribution in [0.3, 0.4) is 0 Å². The maximum Gasteiger partial charge on any atom is 0.340 e. The topological polar surface area (TPSA) is 64.6 Å². The molecule has 0 radical (unpaired) electrons. The minimum atomic E-state index is -0.575. The molecule has 0 aliphatic carbocycles. The second-order valence-corrected chi connectivity index (χ2v) is 6.38. The van der Waals surface area contributed by atoms with Gasteiger partial charge in [0.1, 0.15) is 6.04 Å². The lowest BCUT2D eigenvalue weighted by atomic mass is 9.99. The molecule has 1 atom stereocenters. The molecule has 0 amide bonds. The van der Waals surface area contributed by atoms with E-state index in [0.29, 0.717) is 23.4 Å². The van der Waals surface area contributed by atoms with Crippen LogP contribution < -0.4 is 10.1 Å². The van der Waals surface area contributed by atoms with E-state index in [4.69, 9.17) is 9.47 Å². The molecule has 0 aromatic heterocycles. The minimum Gasteiger partial charge on any atom is -0.462 e. The lowest BCUT2D eigenvalue weighted by Crippen LogP contribution is -2.39. The van der Waals surface area contributed by atoms with Crippen LogP contribution in [0.4, 0.5) is 5.69 Å². The Morgan fingerprint density at radius 3 is 2.63 bits per heavy atom. The van der Waals surface area contributed by atoms with Crippen molar-refractivity contribution in [3.8, 4) is 5.75 Å². The number of anilines is 1. The van der Waals surface area contributed by atoms with Gasteiger partial charge in [-0.25, -0.2) is 9.59 Å². The first kappa shape index (κ1) is 17.1. The molecular formula is C22H19NO4. The van der Waals surface area contributed by atoms with Gasteiger partial charge >= 0.3 is 11.9 Å². The Labute approximate surface area is 156 Å². The lowest BCUT2D eigenvalue weighted by Gasteiger charge is -2.28. The molecule has 3 aromatic rings. The second kappa shape index (κ2) is 7.11. The molecule has 1 aliphatic rings. The largest absolute Gasteiger partial charge is 0.462 e. The molecule has 1 N–H and O–H groups in total. The van der Waals surface area contributed by atoms with Crippen LogP contribution in [-0.2, 0) is 16.0 Å². The highest BCUT2D eigenvalue weighted by Crippen LogP contribution is 2.40. The fourth-order valence-corrected chi connectivity index (χ4v) is 3.32. The number of rotatable bonds is 4. The van der Waals surface area contributed by atoms with Crippen LogP contribution in [0.15, 0.2) is 60.7 Å². The number of fused-ring (bicyclic) bond motifs is 3. The van der Waals surface area contributed by atoms with Gasteiger partial charge < -0.3 is 14.8 Å². The number of hydrogen-bond acceptors (Lipinski definition) is 5. The fraction of sp³-hybridized carbons (Fsp3) is 0.182. The Morgan fingerprint density at radius 1 is 1.11 bits per heavy atom. The molecule has 0 bridgehead atoms. The van der Waals surface area contributed by atoms with E-state index in [1.54, 1.807) is 13.0 Å². The molecule has 136 valence electrons. The van der Waals surface area contributed by atoms with Crippen molar-refractivity contribution < 1.29 is 19.1 Å². The van der Waals surface area contributed by atoms with Crippen LogP contribution in [0.25, 0.3) is 10.8 Å². The Balaban J connectivity index is 1.79. The molecule has 0 saturated carbocycles. The molecule has 1 heterocycles. The van der Waals surface area contributed by atoms with Crippen LogP contribution in [0.2, 0.25) is 0 Å². The summed E-state index contributed by atoms with van der Waals surface area (Å²) in [5, 5.41) is 4.81. The van der Waals surface area contributed by atoms with E-state index < -0.39 is 12.0 Å². The zero-order valence-corrected chi connectivity index (χ0v) is 14.9. The maximum atomic E-state index is 12.6. The van der Waals surface area contributed by atoms with Gasteiger partial charge in [-0.2, -0.15) is 0 Å². The van der Waals surface area contributed by atoms with Gasteiger partial charge in [-0.15, -0.1) is 0 Å². The zero-order chi connectivity index (χ0) is 18.8. The highest BCUT2D eigenvalue weighted by molar-refractivity contribution is 6.08. The normalized spacial score (nSPS) is 15.6. The van der Waals surface area contributed by atoms with Crippen LogP contribution in [0.5, 0.6) is 5.75 Å². The Bertz CT molecular complexity index is 1010. The summed E-state index contributed by atoms with van der Waals surface area (Å²) in [6, 6.07) is 18.4. The van der Waals surface area contributed by atoms with E-state index >= 15 is 0 Å². The first-order valence-corrected chi connectivity index (χ1v) is 8.92. The van der Waals surface area contributed by atoms with Gasteiger partial charge in [-0.3, -0.25) is 0 Å². The van der Waals surface area contributed by atoms with Crippen molar-refractivity contribution >= 4 is 28.4 Å². The summed E-state index contributed by atoms with van der Waals surface area (Å²) in [4.78, 5) is 25.1. The number of carbonyl (C=O) groups excluding carboxylic acids is 2. The number of carbonyl (C=O) groups is 2. The van der Waals surface area contributed by atoms with Gasteiger partial charge in [0, 0.05) is 11.8 Å². The molecule has 5 nitrogen and oxygen atoms in total. The lowest BCUT2D eigenvalue weighted by molar-refractivity contribution is -0.135. The SMILES string of the molecule is CCOC(=O)c1cc2ccccc2c2c1N[C@H](Cc1ccccc1)C(=O)O2. The first-order chi connectivity index (χ1) is 13.2. The number of nitrogens with one attached hydrogen (secondary N) is 1. The van der Waals surface area contributed by atoms with Crippen molar-refractivity contribution in [2.24, 2.45) is 0 Å². The molecule has 0 fully saturated rings. The summed E-state index contributed by atoms with van der Waals surface area (Å²) >= 11 is 0. The van der Waals surface area contributed by atoms with Gasteiger partial charge in [0.05, 0.1) is 17.9 Å². The molecule has 4 rings (SSSR count). The third kappa shape index (κ3) is 3.24. The van der Waals surface area contributed by atoms with Gasteiger partial charge in [0.15, 0.2) is 5.75 Å². The standard InChI is InChI=1S/C22H19NO4/c1-2-26-21(24)17-13-15-10-6-7-11-16(15)20-19(17)23-18(22(25)27-20)12-14-8-4-3-5-9-14/h3-11,13,18,23H,2,12H2,1H3/t18-/m1/s1. The Hall–Kier alpha value is -3.34. The maximum absolute atomic E-state index is 12.6. The van der Waals surface area contributed by atoms with Gasteiger partial charge in [0.25, 0.3) is 0 Å². The van der Waals surface area contributed by atoms with Crippen LogP contribution >= 0.6 is 0 Å². The summed E-state index contributed by atoms with van der Waals surface area (Å²) < 4.78 is 10.9. The third-order valence-corrected chi connectivity index (χ3v) is 4.59. The van der Waals surface area contributed by atoms with E-state index in [1.807, 2.05) is 54.6 Å². The van der Waals surface area contributed by atoms with Gasteiger partial charge in [0.2, 0.25) is 0 Å². The third-order valence-electron chi connectivity index (χ3n) is 4.59. The fourth-order valence-electron chi connectivity index (χ4n) is 3.32. The minimum absolute atomic E-state index is 0.271. The number of hydrogen-bond donors (Lipinski definition) is 1. The number of ether oxygens (including phenoxy) is 2. The molecular weight excluding hydrogens is 342 g/mol. The number of benzene rings is 3. The van der Waals surface area contributed by atoms with E-state index in [0.717, 1.165) is 16.3 Å². The molecule has 3 aromatic carbocycles. The van der Waals surface area contributed by atoms with Crippen LogP contribution in [-0.4, -0.2) is 24.6 Å². The molecule has 1 aliphatic heterocycles. The van der Waals surface area contributed by atoms with Crippen molar-refractivity contribution in [1.82, 2.24) is 0 Å². The van der Waals surface area contributed by atoms with Crippen molar-refractivity contribution in [3.05, 3.63) is 71.8 Å². The van der Waals surface area contributed by atoms with Crippen molar-refractivity contribution in [3.63, 3.8) is 0 Å². The summed E-state index contributed by atoms with van der Waals surface area (Å²) in [6.45, 7) is 2.03. The molecule has 0 spiro atoms. The van der Waals surface area contributed by atoms with Gasteiger partial charge in [-0.05, 0) is 23.9 Å². The highest BCUT2D eigenvalue weighted by atomic mass is 16.5. The Morgan fingerprint density at radius 2 is 1.85 bits per heavy atom. The zero-order valence-electron chi connectivity index (χ0n) is 14.9. The second-order valence-electron chi connectivity index (χ2n) is 6.38. The molecule has 0 unspecified atom stereocenters. The summed E-state index contributed by atoms with van der Waals surface area (Å²) in [5.41, 5.74) is 1.89. The monoisotopic (exact) mass is 361 g/mol. The first-order valence-electron chi connectivity index (χ1n) is 8.92. The highest BCUT2D eigenvalue weighted by Gasteiger charge is 2.32. The van der Waals surface area contributed by atoms with Gasteiger partial charge in [-0.1, -0.05) is 54.6 Å². The van der Waals surface area contributed by atoms with Crippen molar-refractivity contribution in [2.75, 3.05) is 11.9 Å². The molecule has 0 saturated heterocycles. The van der Waals surface area contributed by atoms with Crippen molar-refractivity contribution in [1.29, 1.82) is 0 Å². The molecule has 27 heavy (non-hydrogen) atoms. The predicted molar refractivity (Wildman–Crippen MR) is 103 cm³/mol. The van der Waals surface area contributed by atoms with Crippen LogP contribution in [0.1, 0.15) is 22.8 Å². The average Bonchev–Trinajstić information content (AvgIpc) is 2.69. The Kier molecular flexibility index (Phi) is 4.50. The summed E-state index contributed by atoms with van der Waals surface area (Å²) in [5.74, 6) is -0.425. The van der Waals surface area contributed by atoms with E-state index in [-0.39, 0.29) is 12.6 Å². The van der Waals surface area contributed by atoms with Crippen LogP contribution in [0, 0.1) is 0 Å². The smallest absolute Gasteiger partial charge is 0.340 e. The van der Waals surface area contributed by atoms with E-state index in [1.165, 1.54) is 0 Å². The van der Waals surface area contributed by atoms with Crippen molar-refractivity contribution in [2.45, 2.75) is 19.4 Å². The average molecular weight is 361 g/mol. The number of esters is 2. The summed E-state index contributed by atoms with van der Waals surface area (Å²) in [6.07, 6.45) is 0.466. The summed E-state index contributed by atoms with van der Waals surface area (Å²) in [7, 11) is 0. The van der Waals surface area contributed by atoms with E-state index in [9.17, 15) is 9.59 Å². The quantitative estimate of drug-likeness (QED) is 0.563.